The lowest BCUT2D eigenvalue weighted by molar-refractivity contribution is 0.302. The fraction of sp³-hybridized carbons (Fsp3) is 0.571. The quantitative estimate of drug-likeness (QED) is 0.448. The molecular formula is C14H24O. The number of aliphatic hydroxyl groups excluding tert-OH is 1. The Bertz CT molecular complexity index is 190. The molecule has 0 aromatic carbocycles. The number of unbranched alkanes of at least 4 members (excludes halogenated alkanes) is 2. The molecule has 0 fully saturated rings. The molecular weight excluding hydrogens is 184 g/mol. The van der Waals surface area contributed by atoms with Crippen molar-refractivity contribution in [1.82, 2.24) is 0 Å². The van der Waals surface area contributed by atoms with E-state index < -0.39 is 0 Å². The summed E-state index contributed by atoms with van der Waals surface area (Å²) in [5.74, 6) is 0. The zero-order valence-electron chi connectivity index (χ0n) is 9.86. The molecule has 0 heterocycles. The number of allylic oxidation sites excluding steroid dienone is 5. The summed E-state index contributed by atoms with van der Waals surface area (Å²) >= 11 is 0. The van der Waals surface area contributed by atoms with Crippen LogP contribution in [0.5, 0.6) is 0 Å². The van der Waals surface area contributed by atoms with E-state index in [1.807, 2.05) is 6.08 Å². The van der Waals surface area contributed by atoms with Crippen LogP contribution in [0.3, 0.4) is 0 Å². The first-order valence-corrected chi connectivity index (χ1v) is 5.97. The second-order valence-electron chi connectivity index (χ2n) is 3.50. The molecule has 0 aromatic rings. The molecule has 1 heteroatoms. The van der Waals surface area contributed by atoms with Crippen molar-refractivity contribution in [3.8, 4) is 0 Å². The monoisotopic (exact) mass is 208 g/mol. The number of hydrogen-bond donors (Lipinski definition) is 1. The molecule has 0 atom stereocenters. The van der Waals surface area contributed by atoms with Gasteiger partial charge in [0.25, 0.3) is 0 Å². The minimum Gasteiger partial charge on any atom is -0.396 e. The number of hydrogen-bond acceptors (Lipinski definition) is 1. The molecule has 0 aliphatic carbocycles. The lowest BCUT2D eigenvalue weighted by atomic mass is 10.2. The van der Waals surface area contributed by atoms with Crippen LogP contribution in [0.15, 0.2) is 36.5 Å². The first-order chi connectivity index (χ1) is 7.41. The summed E-state index contributed by atoms with van der Waals surface area (Å²) in [5, 5.41) is 8.54. The van der Waals surface area contributed by atoms with Gasteiger partial charge in [-0.25, -0.2) is 0 Å². The molecule has 0 unspecified atom stereocenters. The third-order valence-electron chi connectivity index (χ3n) is 2.05. The van der Waals surface area contributed by atoms with Gasteiger partial charge in [0.2, 0.25) is 0 Å². The van der Waals surface area contributed by atoms with Crippen molar-refractivity contribution in [1.29, 1.82) is 0 Å². The van der Waals surface area contributed by atoms with Gasteiger partial charge in [-0.3, -0.25) is 0 Å². The third kappa shape index (κ3) is 13.2. The van der Waals surface area contributed by atoms with Crippen molar-refractivity contribution < 1.29 is 5.11 Å². The Balaban J connectivity index is 3.19. The van der Waals surface area contributed by atoms with E-state index in [1.54, 1.807) is 0 Å². The number of rotatable bonds is 9. The van der Waals surface area contributed by atoms with E-state index in [4.69, 9.17) is 5.11 Å². The van der Waals surface area contributed by atoms with Crippen molar-refractivity contribution in [2.75, 3.05) is 6.61 Å². The zero-order chi connectivity index (χ0) is 11.2. The van der Waals surface area contributed by atoms with Gasteiger partial charge in [0, 0.05) is 6.61 Å². The van der Waals surface area contributed by atoms with Crippen LogP contribution in [0, 0.1) is 0 Å². The fourth-order valence-electron chi connectivity index (χ4n) is 1.22. The molecule has 86 valence electrons. The van der Waals surface area contributed by atoms with E-state index in [2.05, 4.69) is 37.3 Å². The molecule has 0 bridgehead atoms. The van der Waals surface area contributed by atoms with Crippen molar-refractivity contribution in [2.24, 2.45) is 0 Å². The van der Waals surface area contributed by atoms with Crippen molar-refractivity contribution >= 4 is 0 Å². The molecule has 15 heavy (non-hydrogen) atoms. The molecule has 0 saturated carbocycles. The second kappa shape index (κ2) is 13.2. The predicted molar refractivity (Wildman–Crippen MR) is 67.9 cm³/mol. The summed E-state index contributed by atoms with van der Waals surface area (Å²) in [6.07, 6.45) is 19.5. The van der Waals surface area contributed by atoms with E-state index >= 15 is 0 Å². The second-order valence-corrected chi connectivity index (χ2v) is 3.50. The van der Waals surface area contributed by atoms with Crippen molar-refractivity contribution in [2.45, 2.75) is 45.4 Å². The SMILES string of the molecule is CCC=CCC=CCCCC=CCCO. The zero-order valence-corrected chi connectivity index (χ0v) is 9.86. The Kier molecular flexibility index (Phi) is 12.5. The van der Waals surface area contributed by atoms with Crippen LogP contribution in [0.1, 0.15) is 45.4 Å². The summed E-state index contributed by atoms with van der Waals surface area (Å²) in [7, 11) is 0. The topological polar surface area (TPSA) is 20.2 Å². The minimum absolute atomic E-state index is 0.264. The summed E-state index contributed by atoms with van der Waals surface area (Å²) in [5.41, 5.74) is 0. The lowest BCUT2D eigenvalue weighted by Gasteiger charge is -1.90. The van der Waals surface area contributed by atoms with Crippen LogP contribution in [0.2, 0.25) is 0 Å². The van der Waals surface area contributed by atoms with Gasteiger partial charge in [0.1, 0.15) is 0 Å². The molecule has 0 saturated heterocycles. The smallest absolute Gasteiger partial charge is 0.0465 e. The first-order valence-electron chi connectivity index (χ1n) is 5.97. The Morgan fingerprint density at radius 2 is 1.40 bits per heavy atom. The van der Waals surface area contributed by atoms with E-state index in [0.29, 0.717) is 0 Å². The maximum atomic E-state index is 8.54. The highest BCUT2D eigenvalue weighted by Crippen LogP contribution is 1.99. The first kappa shape index (κ1) is 14.2. The maximum absolute atomic E-state index is 8.54. The summed E-state index contributed by atoms with van der Waals surface area (Å²) in [6.45, 7) is 2.42. The van der Waals surface area contributed by atoms with Crippen LogP contribution >= 0.6 is 0 Å². The van der Waals surface area contributed by atoms with E-state index in [0.717, 1.165) is 32.1 Å². The highest BCUT2D eigenvalue weighted by Gasteiger charge is 1.80. The van der Waals surface area contributed by atoms with Gasteiger partial charge in [-0.1, -0.05) is 43.4 Å². The average molecular weight is 208 g/mol. The van der Waals surface area contributed by atoms with Gasteiger partial charge in [-0.15, -0.1) is 0 Å². The van der Waals surface area contributed by atoms with Crippen LogP contribution < -0.4 is 0 Å². The van der Waals surface area contributed by atoms with Gasteiger partial charge in [0.05, 0.1) is 0 Å². The maximum Gasteiger partial charge on any atom is 0.0465 e. The molecule has 0 aliphatic heterocycles. The molecule has 0 radical (unpaired) electrons. The third-order valence-corrected chi connectivity index (χ3v) is 2.05. The Labute approximate surface area is 94.2 Å². The van der Waals surface area contributed by atoms with Gasteiger partial charge in [0.15, 0.2) is 0 Å². The predicted octanol–water partition coefficient (Wildman–Crippen LogP) is 4.01. The highest BCUT2D eigenvalue weighted by atomic mass is 16.2. The van der Waals surface area contributed by atoms with E-state index in [-0.39, 0.29) is 6.61 Å². The van der Waals surface area contributed by atoms with Gasteiger partial charge in [-0.05, 0) is 38.5 Å². The minimum atomic E-state index is 0.264. The molecule has 1 nitrogen and oxygen atoms in total. The van der Waals surface area contributed by atoms with Gasteiger partial charge < -0.3 is 5.11 Å². The van der Waals surface area contributed by atoms with Crippen LogP contribution in [0.4, 0.5) is 0 Å². The molecule has 0 amide bonds. The van der Waals surface area contributed by atoms with E-state index in [9.17, 15) is 0 Å². The van der Waals surface area contributed by atoms with Gasteiger partial charge >= 0.3 is 0 Å². The lowest BCUT2D eigenvalue weighted by Crippen LogP contribution is -1.75. The molecule has 0 rings (SSSR count). The summed E-state index contributed by atoms with van der Waals surface area (Å²) in [4.78, 5) is 0. The largest absolute Gasteiger partial charge is 0.396 e. The Morgan fingerprint density at radius 1 is 0.800 bits per heavy atom. The van der Waals surface area contributed by atoms with Crippen LogP contribution in [0.25, 0.3) is 0 Å². The Hall–Kier alpha value is -0.820. The summed E-state index contributed by atoms with van der Waals surface area (Å²) < 4.78 is 0. The standard InChI is InChI=1S/C14H24O/c1-2-3-4-5-6-7-8-9-10-11-12-13-14-15/h3-4,6-7,11-12,15H,2,5,8-10,13-14H2,1H3. The molecule has 0 aliphatic rings. The molecule has 0 spiro atoms. The van der Waals surface area contributed by atoms with E-state index in [1.165, 1.54) is 6.42 Å². The van der Waals surface area contributed by atoms with Crippen LogP contribution in [-0.2, 0) is 0 Å². The van der Waals surface area contributed by atoms with Gasteiger partial charge in [-0.2, -0.15) is 0 Å². The highest BCUT2D eigenvalue weighted by molar-refractivity contribution is 4.92. The summed E-state index contributed by atoms with van der Waals surface area (Å²) in [6, 6.07) is 0. The molecule has 1 N–H and O–H groups in total. The average Bonchev–Trinajstić information content (AvgIpc) is 2.26. The van der Waals surface area contributed by atoms with Crippen molar-refractivity contribution in [3.63, 3.8) is 0 Å². The van der Waals surface area contributed by atoms with Crippen LogP contribution in [-0.4, -0.2) is 11.7 Å². The Morgan fingerprint density at radius 3 is 2.07 bits per heavy atom. The number of aliphatic hydroxyl groups is 1. The molecule has 0 aromatic heterocycles. The fourth-order valence-corrected chi connectivity index (χ4v) is 1.22. The van der Waals surface area contributed by atoms with Crippen molar-refractivity contribution in [3.05, 3.63) is 36.5 Å². The normalized spacial score (nSPS) is 12.4.